The van der Waals surface area contributed by atoms with Crippen LogP contribution in [-0.2, 0) is 119 Å². The van der Waals surface area contributed by atoms with Gasteiger partial charge < -0.3 is 86.2 Å². The van der Waals surface area contributed by atoms with Gasteiger partial charge in [0.25, 0.3) is 0 Å². The molecule has 0 saturated carbocycles. The van der Waals surface area contributed by atoms with Crippen LogP contribution in [0.3, 0.4) is 0 Å². The number of hydrogen-bond acceptors (Lipinski definition) is 7. The van der Waals surface area contributed by atoms with E-state index in [1.54, 1.807) is 0 Å². The van der Waals surface area contributed by atoms with Gasteiger partial charge in [0.1, 0.15) is 22.9 Å². The van der Waals surface area contributed by atoms with Gasteiger partial charge in [-0.25, -0.2) is 9.97 Å². The summed E-state index contributed by atoms with van der Waals surface area (Å²) in [6.07, 6.45) is 12.2. The van der Waals surface area contributed by atoms with Crippen molar-refractivity contribution in [2.45, 2.75) is 212 Å². The Bertz CT molecular complexity index is 7580. The zero-order chi connectivity index (χ0) is 89.2. The van der Waals surface area contributed by atoms with Gasteiger partial charge in [-0.05, 0) is 194 Å². The van der Waals surface area contributed by atoms with Crippen molar-refractivity contribution in [2.75, 3.05) is 0 Å². The van der Waals surface area contributed by atoms with Crippen molar-refractivity contribution < 1.29 is 80.4 Å². The molecule has 17 heteroatoms. The third kappa shape index (κ3) is 23.0. The van der Waals surface area contributed by atoms with E-state index in [1.807, 2.05) is 54.2 Å². The van der Waals surface area contributed by atoms with Crippen LogP contribution in [0.25, 0.3) is 154 Å². The number of rotatable bonds is 12. The average Bonchev–Trinajstić information content (AvgIpc) is 1.32. The van der Waals surface area contributed by atoms with Crippen molar-refractivity contribution in [1.29, 1.82) is 0 Å². The second-order valence-corrected chi connectivity index (χ2v) is 42.3. The molecule has 730 valence electrons. The maximum Gasteiger partial charge on any atom is 3.00 e. The molecule has 9 aromatic carbocycles. The quantitative estimate of drug-likeness (QED) is 0.0891. The molecule has 11 heterocycles. The predicted octanol–water partition coefficient (Wildman–Crippen LogP) is 32.9. The number of pyridine rings is 4. The first-order valence-electron chi connectivity index (χ1n) is 45.0. The van der Waals surface area contributed by atoms with Gasteiger partial charge >= 0.3 is 80.4 Å². The minimum Gasteiger partial charge on any atom is -0.358 e. The maximum absolute atomic E-state index is 5.35. The monoisotopic (exact) mass is 2570 g/mol. The van der Waals surface area contributed by atoms with Crippen LogP contribution in [-0.4, -0.2) is 56.6 Å². The first-order chi connectivity index (χ1) is 59.9. The number of imidazole rings is 6. The van der Waals surface area contributed by atoms with E-state index in [0.717, 1.165) is 134 Å². The minimum absolute atomic E-state index is 0. The fourth-order valence-corrected chi connectivity index (χ4v) is 20.9. The molecule has 0 aliphatic carbocycles. The van der Waals surface area contributed by atoms with E-state index in [-0.39, 0.29) is 161 Å². The van der Waals surface area contributed by atoms with Crippen LogP contribution < -0.4 is 0 Å². The summed E-state index contributed by atoms with van der Waals surface area (Å²) in [4.78, 5) is 32.7. The van der Waals surface area contributed by atoms with Crippen molar-refractivity contribution >= 4 is 120 Å². The summed E-state index contributed by atoms with van der Waals surface area (Å²) >= 11 is 1.90. The van der Waals surface area contributed by atoms with Gasteiger partial charge in [-0.3, -0.25) is 19.9 Å². The van der Waals surface area contributed by atoms with Gasteiger partial charge in [0.05, 0.1) is 50.2 Å². The molecule has 0 spiro atoms. The molecule has 11 aromatic heterocycles. The molecule has 0 amide bonds. The third-order valence-electron chi connectivity index (χ3n) is 24.4. The van der Waals surface area contributed by atoms with Gasteiger partial charge in [0.15, 0.2) is 0 Å². The van der Waals surface area contributed by atoms with Gasteiger partial charge in [0.2, 0.25) is 0 Å². The molecule has 20 rings (SSSR count). The first kappa shape index (κ1) is 119. The van der Waals surface area contributed by atoms with E-state index in [0.29, 0.717) is 11.8 Å². The van der Waals surface area contributed by atoms with Crippen LogP contribution in [0.15, 0.2) is 189 Å². The van der Waals surface area contributed by atoms with Gasteiger partial charge in [-0.1, -0.05) is 222 Å². The molecule has 0 unspecified atom stereocenters. The average molecular weight is 2570 g/mol. The van der Waals surface area contributed by atoms with Crippen LogP contribution in [0.2, 0.25) is 0 Å². The molecule has 0 saturated heterocycles. The standard InChI is InChI=1S/C31H33N2.C30H35N4.C26H27N4.C26H25N2S.8CH3.4Ir/c1-19(2)14-23-16-27-25-12-7-8-13-26(25)31-32-18-29(30-21(5)10-9-11-22(30)6)33(31)28(27)17-24(23)15-20(3)4;1-19-12-11-13-20(2)25(19)23-17-31-27-22-15-10-9-14-21(22)26-28(34(23)27)32-24(16-29(3,4)5)33(26)18-30(6,7)8;1-16-10-9-11-17(2)22(16)21-14-27-24-20-13-8-7-12-19(20)23-25(30(21)24)28-18(3)29(23)15-26(4,5)6;1-16-9-8-10-17(2)23(16)22-15-27-24-20-12-7-6-11-19(20)21-13-18(14-26(3,4)5)29-25(21)28(22)24;;;;;;;;;;;;/h7-12,16-20H,14-15H2,1-6H3;9-14,17H,16,18H2,1-8H3;7-12,14H,15H2,1-6H3;6-11,13,15H,14H2,1-5H3;8*1H3;;;;/q12*-1;4*+3. The fourth-order valence-electron chi connectivity index (χ4n) is 19.4. The second-order valence-electron chi connectivity index (χ2n) is 41.2. The van der Waals surface area contributed by atoms with Crippen molar-refractivity contribution in [2.24, 2.45) is 33.5 Å². The van der Waals surface area contributed by atoms with E-state index in [2.05, 4.69) is 370 Å². The molecule has 0 atom stereocenters. The van der Waals surface area contributed by atoms with Gasteiger partial charge in [-0.15, -0.1) is 119 Å². The Balaban J connectivity index is 0.000000316. The van der Waals surface area contributed by atoms with Crippen LogP contribution in [0, 0.1) is 179 Å². The molecular formula is C121H144Ir4N12S. The van der Waals surface area contributed by atoms with Crippen molar-refractivity contribution in [1.82, 2.24) is 56.6 Å². The minimum atomic E-state index is 0. The first-order valence-corrected chi connectivity index (χ1v) is 45.8. The van der Waals surface area contributed by atoms with Crippen LogP contribution in [0.5, 0.6) is 0 Å². The number of aryl methyl sites for hydroxylation is 9. The Labute approximate surface area is 884 Å². The predicted molar refractivity (Wildman–Crippen MR) is 584 cm³/mol. The van der Waals surface area contributed by atoms with Crippen molar-refractivity contribution in [3.8, 4) is 45.0 Å². The van der Waals surface area contributed by atoms with E-state index in [4.69, 9.17) is 29.9 Å². The number of aromatic nitrogens is 12. The summed E-state index contributed by atoms with van der Waals surface area (Å²) in [5, 5.41) is 11.7. The molecule has 0 radical (unpaired) electrons. The molecule has 0 N–H and O–H groups in total. The Morgan fingerprint density at radius 3 is 1.00 bits per heavy atom. The largest absolute Gasteiger partial charge is 3.00 e. The number of fused-ring (bicyclic) bond motifs is 24. The van der Waals surface area contributed by atoms with E-state index < -0.39 is 0 Å². The number of thiophene rings is 1. The second kappa shape index (κ2) is 46.5. The molecule has 0 aliphatic rings. The van der Waals surface area contributed by atoms with E-state index >= 15 is 0 Å². The maximum atomic E-state index is 5.35. The summed E-state index contributed by atoms with van der Waals surface area (Å²) in [6, 6.07) is 72.2. The molecule has 138 heavy (non-hydrogen) atoms. The molecule has 20 aromatic rings. The number of nitrogens with zero attached hydrogens (tertiary/aromatic N) is 12. The summed E-state index contributed by atoms with van der Waals surface area (Å²) in [6.45, 7) is 58.1. The Hall–Kier alpha value is -9.46. The Kier molecular flexibility index (Phi) is 40.1. The Morgan fingerprint density at radius 2 is 0.630 bits per heavy atom. The summed E-state index contributed by atoms with van der Waals surface area (Å²) in [5.41, 5.74) is 32.6. The van der Waals surface area contributed by atoms with Crippen LogP contribution in [0.4, 0.5) is 0 Å². The van der Waals surface area contributed by atoms with Crippen molar-refractivity contribution in [3.63, 3.8) is 0 Å². The van der Waals surface area contributed by atoms with E-state index in [9.17, 15) is 0 Å². The van der Waals surface area contributed by atoms with E-state index in [1.165, 1.54) is 131 Å². The topological polar surface area (TPSA) is 105 Å². The molecule has 0 bridgehead atoms. The number of hydrogen-bond donors (Lipinski definition) is 0. The van der Waals surface area contributed by atoms with Crippen molar-refractivity contribution in [3.05, 3.63) is 344 Å². The van der Waals surface area contributed by atoms with Gasteiger partial charge in [0, 0.05) is 88.0 Å². The third-order valence-corrected chi connectivity index (χ3v) is 25.6. The normalized spacial score (nSPS) is 11.4. The van der Waals surface area contributed by atoms with Gasteiger partial charge in [-0.2, -0.15) is 0 Å². The zero-order valence-corrected chi connectivity index (χ0v) is 98.3. The molecular weight excluding hydrogens is 2420 g/mol. The molecule has 0 fully saturated rings. The van der Waals surface area contributed by atoms with Crippen LogP contribution in [0.1, 0.15) is 183 Å². The SMILES string of the molecule is Cc1cccc(C)c1-c1cnc2c3[c-]cccc3c3c(nc(C)n3CC(C)(C)C)n12.Cc1cccc(C)c1-c1cnc2c3[c-]cccc3c3c(nc(CC(C)(C)C)n3CC(C)(C)C)n12.Cc1cccc(C)c1-c1cnc2c3[c-]cccc3c3cc(CC(C)(C)C)sc3n12.Cc1cccc(C)c1-c1cnc2c3[c-]cccc3c3cc(CC(C)C)c(CC(C)C)cc3n12.[CH3-].[CH3-].[CH3-].[CH3-].[CH3-].[CH3-].[CH3-].[CH3-].[Ir+3].[Ir+3].[Ir+3].[Ir+3]. The smallest absolute Gasteiger partial charge is 0.358 e. The van der Waals surface area contributed by atoms with Crippen LogP contribution >= 0.6 is 11.3 Å². The number of benzene rings is 9. The molecule has 12 nitrogen and oxygen atoms in total. The molecule has 0 aliphatic heterocycles. The summed E-state index contributed by atoms with van der Waals surface area (Å²) < 4.78 is 14.1. The summed E-state index contributed by atoms with van der Waals surface area (Å²) in [5.74, 6) is 3.39. The summed E-state index contributed by atoms with van der Waals surface area (Å²) in [7, 11) is 0. The Morgan fingerprint density at radius 1 is 0.319 bits per heavy atom. The fraction of sp³-hybridized carbons (Fsp3) is 0.306. The zero-order valence-electron chi connectivity index (χ0n) is 87.9.